The molecule has 0 saturated heterocycles. The first-order valence-corrected chi connectivity index (χ1v) is 9.19. The summed E-state index contributed by atoms with van der Waals surface area (Å²) in [6.45, 7) is 2.69. The number of hydrogen-bond donors (Lipinski definition) is 2. The van der Waals surface area contributed by atoms with Crippen LogP contribution in [0.25, 0.3) is 0 Å². The van der Waals surface area contributed by atoms with Gasteiger partial charge in [-0.05, 0) is 31.0 Å². The van der Waals surface area contributed by atoms with Crippen molar-refractivity contribution in [3.05, 3.63) is 76.5 Å². The summed E-state index contributed by atoms with van der Waals surface area (Å²) in [6, 6.07) is 8.43. The number of rotatable bonds is 5. The fourth-order valence-corrected chi connectivity index (χ4v) is 3.51. The molecule has 2 atom stereocenters. The Bertz CT molecular complexity index is 947. The van der Waals surface area contributed by atoms with Crippen molar-refractivity contribution in [3.8, 4) is 0 Å². The quantitative estimate of drug-likeness (QED) is 0.674. The van der Waals surface area contributed by atoms with Crippen molar-refractivity contribution in [1.82, 2.24) is 15.0 Å². The van der Waals surface area contributed by atoms with E-state index < -0.39 is 0 Å². The van der Waals surface area contributed by atoms with Crippen molar-refractivity contribution in [2.24, 2.45) is 0 Å². The summed E-state index contributed by atoms with van der Waals surface area (Å²) in [6.07, 6.45) is 6.06. The second kappa shape index (κ2) is 7.48. The van der Waals surface area contributed by atoms with Crippen LogP contribution >= 0.6 is 11.6 Å². The summed E-state index contributed by atoms with van der Waals surface area (Å²) < 4.78 is 13.9. The van der Waals surface area contributed by atoms with Crippen LogP contribution < -0.4 is 10.6 Å². The number of nitrogens with zero attached hydrogens (tertiary/aromatic N) is 3. The van der Waals surface area contributed by atoms with E-state index in [0.717, 1.165) is 29.9 Å². The van der Waals surface area contributed by atoms with E-state index in [4.69, 9.17) is 11.6 Å². The van der Waals surface area contributed by atoms with Crippen LogP contribution in [-0.2, 0) is 6.42 Å². The van der Waals surface area contributed by atoms with Gasteiger partial charge in [-0.15, -0.1) is 0 Å². The molecular formula is C20H19ClFN5. The summed E-state index contributed by atoms with van der Waals surface area (Å²) in [5.41, 5.74) is 2.74. The third-order valence-electron chi connectivity index (χ3n) is 4.74. The second-order valence-electron chi connectivity index (χ2n) is 6.68. The fraction of sp³-hybridized carbons (Fsp3) is 0.250. The van der Waals surface area contributed by atoms with Gasteiger partial charge >= 0.3 is 0 Å². The number of pyridine rings is 1. The smallest absolute Gasteiger partial charge is 0.223 e. The maximum absolute atomic E-state index is 13.9. The van der Waals surface area contributed by atoms with Crippen molar-refractivity contribution in [1.29, 1.82) is 0 Å². The lowest BCUT2D eigenvalue weighted by molar-refractivity contribution is 0.599. The number of aromatic nitrogens is 3. The Hall–Kier alpha value is -2.73. The minimum atomic E-state index is -0.242. The molecule has 7 heteroatoms. The van der Waals surface area contributed by atoms with E-state index in [2.05, 4.69) is 25.6 Å². The van der Waals surface area contributed by atoms with Gasteiger partial charge in [-0.25, -0.2) is 19.3 Å². The summed E-state index contributed by atoms with van der Waals surface area (Å²) in [5, 5.41) is 7.08. The average molecular weight is 384 g/mol. The van der Waals surface area contributed by atoms with Crippen molar-refractivity contribution in [3.63, 3.8) is 0 Å². The molecule has 138 valence electrons. The average Bonchev–Trinajstić information content (AvgIpc) is 3.05. The molecule has 1 aromatic carbocycles. The van der Waals surface area contributed by atoms with Crippen LogP contribution in [0.4, 0.5) is 16.2 Å². The molecule has 5 nitrogen and oxygen atoms in total. The Morgan fingerprint density at radius 1 is 1.22 bits per heavy atom. The Balaban J connectivity index is 1.43. The summed E-state index contributed by atoms with van der Waals surface area (Å²) in [4.78, 5) is 13.1. The van der Waals surface area contributed by atoms with Gasteiger partial charge in [0.2, 0.25) is 5.95 Å². The lowest BCUT2D eigenvalue weighted by Crippen LogP contribution is -2.11. The van der Waals surface area contributed by atoms with Crippen molar-refractivity contribution < 1.29 is 4.39 Å². The first kappa shape index (κ1) is 17.7. The molecular weight excluding hydrogens is 365 g/mol. The normalized spacial score (nSPS) is 16.5. The van der Waals surface area contributed by atoms with E-state index in [-0.39, 0.29) is 17.8 Å². The minimum absolute atomic E-state index is 0.226. The standard InChI is InChI=1S/C20H19ClFN5/c1-12(16-4-2-3-5-18(16)22)27-20-25-8-13(9-26-20)6-14-10-23-19-17(14)7-15(21)11-24-19/h2-5,7-9,11-12,14H,6,10H2,1H3,(H,23,24)(H,25,26,27). The molecule has 1 aliphatic heterocycles. The molecule has 0 aliphatic carbocycles. The molecule has 4 rings (SSSR count). The van der Waals surface area contributed by atoms with Crippen molar-refractivity contribution in [2.75, 3.05) is 17.2 Å². The molecule has 0 amide bonds. The molecule has 2 unspecified atom stereocenters. The van der Waals surface area contributed by atoms with E-state index in [1.807, 2.05) is 19.1 Å². The number of halogens is 2. The molecule has 0 fully saturated rings. The molecule has 1 aliphatic rings. The Labute approximate surface area is 162 Å². The van der Waals surface area contributed by atoms with Crippen LogP contribution in [0.3, 0.4) is 0 Å². The maximum Gasteiger partial charge on any atom is 0.223 e. The van der Waals surface area contributed by atoms with Crippen molar-refractivity contribution >= 4 is 23.4 Å². The molecule has 3 aromatic rings. The predicted molar refractivity (Wildman–Crippen MR) is 105 cm³/mol. The Kier molecular flexibility index (Phi) is 4.90. The van der Waals surface area contributed by atoms with E-state index in [1.54, 1.807) is 30.7 Å². The zero-order chi connectivity index (χ0) is 18.8. The second-order valence-corrected chi connectivity index (χ2v) is 7.11. The zero-order valence-corrected chi connectivity index (χ0v) is 15.5. The number of fused-ring (bicyclic) bond motifs is 1. The molecule has 0 saturated carbocycles. The molecule has 2 aromatic heterocycles. The van der Waals surface area contributed by atoms with Crippen LogP contribution in [-0.4, -0.2) is 21.5 Å². The maximum atomic E-state index is 13.9. The van der Waals surface area contributed by atoms with Crippen LogP contribution in [0.1, 0.15) is 35.6 Å². The third kappa shape index (κ3) is 3.85. The van der Waals surface area contributed by atoms with Crippen molar-refractivity contribution in [2.45, 2.75) is 25.3 Å². The molecule has 3 heterocycles. The van der Waals surface area contributed by atoms with E-state index >= 15 is 0 Å². The van der Waals surface area contributed by atoms with Crippen LogP contribution in [0.2, 0.25) is 5.02 Å². The Morgan fingerprint density at radius 2 is 2.00 bits per heavy atom. The summed E-state index contributed by atoms with van der Waals surface area (Å²) in [7, 11) is 0. The number of anilines is 2. The predicted octanol–water partition coefficient (Wildman–Crippen LogP) is 4.59. The molecule has 0 spiro atoms. The zero-order valence-electron chi connectivity index (χ0n) is 14.8. The topological polar surface area (TPSA) is 62.7 Å². The van der Waals surface area contributed by atoms with Gasteiger partial charge in [0.05, 0.1) is 11.1 Å². The highest BCUT2D eigenvalue weighted by Gasteiger charge is 2.24. The molecule has 27 heavy (non-hydrogen) atoms. The van der Waals surface area contributed by atoms with Gasteiger partial charge < -0.3 is 10.6 Å². The van der Waals surface area contributed by atoms with Gasteiger partial charge in [-0.3, -0.25) is 0 Å². The number of benzene rings is 1. The molecule has 2 N–H and O–H groups in total. The lowest BCUT2D eigenvalue weighted by atomic mass is 9.96. The highest BCUT2D eigenvalue weighted by Crippen LogP contribution is 2.33. The van der Waals surface area contributed by atoms with Gasteiger partial charge in [-0.2, -0.15) is 0 Å². The largest absolute Gasteiger partial charge is 0.369 e. The first-order valence-electron chi connectivity index (χ1n) is 8.81. The number of hydrogen-bond acceptors (Lipinski definition) is 5. The first-order chi connectivity index (χ1) is 13.1. The highest BCUT2D eigenvalue weighted by atomic mass is 35.5. The van der Waals surface area contributed by atoms with E-state index in [1.165, 1.54) is 6.07 Å². The van der Waals surface area contributed by atoms with Gasteiger partial charge in [-0.1, -0.05) is 29.8 Å². The Morgan fingerprint density at radius 3 is 2.78 bits per heavy atom. The van der Waals surface area contributed by atoms with E-state index in [0.29, 0.717) is 16.5 Å². The minimum Gasteiger partial charge on any atom is -0.369 e. The third-order valence-corrected chi connectivity index (χ3v) is 4.95. The fourth-order valence-electron chi connectivity index (χ4n) is 3.34. The van der Waals surface area contributed by atoms with Crippen LogP contribution in [0.15, 0.2) is 48.9 Å². The SMILES string of the molecule is CC(Nc1ncc(CC2CNc3ncc(Cl)cc32)cn1)c1ccccc1F. The van der Waals surface area contributed by atoms with Gasteiger partial charge in [0.1, 0.15) is 11.6 Å². The van der Waals surface area contributed by atoms with Crippen LogP contribution in [0.5, 0.6) is 0 Å². The van der Waals surface area contributed by atoms with Crippen LogP contribution in [0, 0.1) is 5.82 Å². The van der Waals surface area contributed by atoms with Gasteiger partial charge in [0.25, 0.3) is 0 Å². The van der Waals surface area contributed by atoms with Gasteiger partial charge in [0, 0.05) is 42.2 Å². The van der Waals surface area contributed by atoms with Gasteiger partial charge in [0.15, 0.2) is 0 Å². The number of nitrogens with one attached hydrogen (secondary N) is 2. The summed E-state index contributed by atoms with van der Waals surface area (Å²) in [5.74, 6) is 1.41. The monoisotopic (exact) mass is 383 g/mol. The molecule has 0 radical (unpaired) electrons. The van der Waals surface area contributed by atoms with E-state index in [9.17, 15) is 4.39 Å². The molecule has 0 bridgehead atoms. The summed E-state index contributed by atoms with van der Waals surface area (Å²) >= 11 is 6.07. The lowest BCUT2D eigenvalue weighted by Gasteiger charge is -2.15. The highest BCUT2D eigenvalue weighted by molar-refractivity contribution is 6.30.